The summed E-state index contributed by atoms with van der Waals surface area (Å²) in [6, 6.07) is 10.8. The highest BCUT2D eigenvalue weighted by molar-refractivity contribution is 7.89. The van der Waals surface area contributed by atoms with Gasteiger partial charge in [0, 0.05) is 32.2 Å². The zero-order valence-electron chi connectivity index (χ0n) is 17.1. The van der Waals surface area contributed by atoms with Gasteiger partial charge in [-0.15, -0.1) is 0 Å². The fraction of sp³-hybridized carbons (Fsp3) is 0.571. The summed E-state index contributed by atoms with van der Waals surface area (Å²) in [5.41, 5.74) is 1.34. The first-order valence-electron chi connectivity index (χ1n) is 10.3. The molecule has 29 heavy (non-hydrogen) atoms. The van der Waals surface area contributed by atoms with Gasteiger partial charge in [-0.05, 0) is 50.8 Å². The lowest BCUT2D eigenvalue weighted by Gasteiger charge is -2.50. The van der Waals surface area contributed by atoms with E-state index in [9.17, 15) is 8.42 Å². The molecule has 3 saturated heterocycles. The number of nitrogens with one attached hydrogen (secondary N) is 1. The van der Waals surface area contributed by atoms with E-state index in [4.69, 9.17) is 4.52 Å². The quantitative estimate of drug-likeness (QED) is 0.707. The molecule has 3 fully saturated rings. The second-order valence-corrected chi connectivity index (χ2v) is 10.2. The molecular weight excluding hydrogens is 388 g/mol. The van der Waals surface area contributed by atoms with Gasteiger partial charge in [-0.3, -0.25) is 4.90 Å². The highest BCUT2D eigenvalue weighted by Gasteiger charge is 2.40. The molecule has 0 spiro atoms. The minimum atomic E-state index is -3.57. The van der Waals surface area contributed by atoms with E-state index >= 15 is 0 Å². The second-order valence-electron chi connectivity index (χ2n) is 8.47. The van der Waals surface area contributed by atoms with Gasteiger partial charge >= 0.3 is 0 Å². The topological polar surface area (TPSA) is 78.7 Å². The molecule has 3 aliphatic heterocycles. The standard InChI is InChI=1S/C21H30N4O3S/c1-16-21(12-22-28-16)29(26,27)23-11-20-10-18-8-9-25(20)15-19(18)14-24(2)13-17-6-4-3-5-7-17/h3-7,12,18-20,23H,8-11,13-15H2,1-2H3. The Bertz CT molecular complexity index is 915. The van der Waals surface area contributed by atoms with Crippen LogP contribution >= 0.6 is 0 Å². The Kier molecular flexibility index (Phi) is 6.06. The molecule has 3 aliphatic rings. The Morgan fingerprint density at radius 1 is 1.31 bits per heavy atom. The maximum absolute atomic E-state index is 12.5. The number of hydrogen-bond donors (Lipinski definition) is 1. The number of piperidine rings is 3. The first-order valence-corrected chi connectivity index (χ1v) is 11.8. The highest BCUT2D eigenvalue weighted by Crippen LogP contribution is 2.36. The number of nitrogens with zero attached hydrogens (tertiary/aromatic N) is 3. The molecule has 8 heteroatoms. The SMILES string of the molecule is Cc1oncc1S(=O)(=O)NCC1CC2CCN1CC2CN(C)Cc1ccccc1. The lowest BCUT2D eigenvalue weighted by molar-refractivity contribution is -0.00822. The van der Waals surface area contributed by atoms with Crippen LogP contribution in [0.15, 0.2) is 45.9 Å². The molecule has 2 bridgehead atoms. The third-order valence-electron chi connectivity index (χ3n) is 6.36. The third kappa shape index (κ3) is 4.71. The molecule has 1 aromatic carbocycles. The zero-order valence-corrected chi connectivity index (χ0v) is 17.9. The fourth-order valence-electron chi connectivity index (χ4n) is 4.86. The van der Waals surface area contributed by atoms with Crippen LogP contribution in [0.5, 0.6) is 0 Å². The summed E-state index contributed by atoms with van der Waals surface area (Å²) in [5.74, 6) is 1.63. The molecule has 0 radical (unpaired) electrons. The lowest BCUT2D eigenvalue weighted by Crippen LogP contribution is -2.58. The normalized spacial score (nSPS) is 26.9. The predicted molar refractivity (Wildman–Crippen MR) is 111 cm³/mol. The van der Waals surface area contributed by atoms with Crippen LogP contribution in [0, 0.1) is 18.8 Å². The van der Waals surface area contributed by atoms with E-state index in [1.165, 1.54) is 18.2 Å². The van der Waals surface area contributed by atoms with Crippen LogP contribution in [0.1, 0.15) is 24.2 Å². The summed E-state index contributed by atoms with van der Waals surface area (Å²) in [5, 5.41) is 3.58. The number of aromatic nitrogens is 1. The van der Waals surface area contributed by atoms with E-state index in [1.807, 2.05) is 0 Å². The van der Waals surface area contributed by atoms with Crippen molar-refractivity contribution in [3.05, 3.63) is 47.9 Å². The molecule has 2 aromatic rings. The minimum Gasteiger partial charge on any atom is -0.360 e. The molecule has 1 aromatic heterocycles. The molecule has 4 unspecified atom stereocenters. The van der Waals surface area contributed by atoms with Crippen molar-refractivity contribution in [2.75, 3.05) is 33.2 Å². The van der Waals surface area contributed by atoms with Gasteiger partial charge in [0.25, 0.3) is 0 Å². The van der Waals surface area contributed by atoms with Crippen molar-refractivity contribution in [1.82, 2.24) is 19.7 Å². The number of fused-ring (bicyclic) bond motifs is 3. The molecule has 0 amide bonds. The van der Waals surface area contributed by atoms with Crippen molar-refractivity contribution < 1.29 is 12.9 Å². The average Bonchev–Trinajstić information content (AvgIpc) is 3.15. The number of rotatable bonds is 8. The van der Waals surface area contributed by atoms with Crippen molar-refractivity contribution in [3.8, 4) is 0 Å². The highest BCUT2D eigenvalue weighted by atomic mass is 32.2. The molecular formula is C21H30N4O3S. The lowest BCUT2D eigenvalue weighted by atomic mass is 9.75. The van der Waals surface area contributed by atoms with Gasteiger partial charge in [0.1, 0.15) is 4.90 Å². The number of aryl methyl sites for hydroxylation is 1. The van der Waals surface area contributed by atoms with E-state index in [1.54, 1.807) is 6.92 Å². The van der Waals surface area contributed by atoms with Gasteiger partial charge in [-0.1, -0.05) is 35.5 Å². The molecule has 7 nitrogen and oxygen atoms in total. The van der Waals surface area contributed by atoms with E-state index in [0.717, 1.165) is 32.6 Å². The Balaban J connectivity index is 1.30. The molecule has 5 rings (SSSR count). The summed E-state index contributed by atoms with van der Waals surface area (Å²) < 4.78 is 32.7. The summed E-state index contributed by atoms with van der Waals surface area (Å²) in [7, 11) is -1.38. The van der Waals surface area contributed by atoms with Crippen molar-refractivity contribution in [2.24, 2.45) is 11.8 Å². The molecule has 4 atom stereocenters. The molecule has 0 saturated carbocycles. The van der Waals surface area contributed by atoms with Crippen molar-refractivity contribution in [3.63, 3.8) is 0 Å². The maximum atomic E-state index is 12.5. The smallest absolute Gasteiger partial charge is 0.245 e. The van der Waals surface area contributed by atoms with Gasteiger partial charge in [0.2, 0.25) is 10.0 Å². The van der Waals surface area contributed by atoms with Crippen molar-refractivity contribution in [1.29, 1.82) is 0 Å². The average molecular weight is 419 g/mol. The number of benzene rings is 1. The van der Waals surface area contributed by atoms with Gasteiger partial charge in [0.05, 0.1) is 6.20 Å². The van der Waals surface area contributed by atoms with Crippen LogP contribution in [-0.4, -0.2) is 62.6 Å². The number of sulfonamides is 1. The largest absolute Gasteiger partial charge is 0.360 e. The fourth-order valence-corrected chi connectivity index (χ4v) is 6.02. The van der Waals surface area contributed by atoms with E-state index in [-0.39, 0.29) is 10.9 Å². The van der Waals surface area contributed by atoms with Crippen LogP contribution in [0.25, 0.3) is 0 Å². The van der Waals surface area contributed by atoms with Gasteiger partial charge in [-0.2, -0.15) is 0 Å². The Hall–Kier alpha value is -1.74. The molecule has 0 aliphatic carbocycles. The zero-order chi connectivity index (χ0) is 20.4. The monoisotopic (exact) mass is 418 g/mol. The maximum Gasteiger partial charge on any atom is 0.245 e. The predicted octanol–water partition coefficient (Wildman–Crippen LogP) is 2.10. The minimum absolute atomic E-state index is 0.133. The van der Waals surface area contributed by atoms with Gasteiger partial charge in [-0.25, -0.2) is 13.1 Å². The summed E-state index contributed by atoms with van der Waals surface area (Å²) >= 11 is 0. The second kappa shape index (κ2) is 8.55. The summed E-state index contributed by atoms with van der Waals surface area (Å²) in [6.07, 6.45) is 3.52. The molecule has 4 heterocycles. The third-order valence-corrected chi connectivity index (χ3v) is 7.88. The van der Waals surface area contributed by atoms with E-state index in [0.29, 0.717) is 24.1 Å². The molecule has 1 N–H and O–H groups in total. The van der Waals surface area contributed by atoms with Crippen LogP contribution in [0.3, 0.4) is 0 Å². The summed E-state index contributed by atoms with van der Waals surface area (Å²) in [4.78, 5) is 5.01. The van der Waals surface area contributed by atoms with Crippen LogP contribution in [0.2, 0.25) is 0 Å². The Morgan fingerprint density at radius 3 is 2.76 bits per heavy atom. The van der Waals surface area contributed by atoms with Crippen molar-refractivity contribution in [2.45, 2.75) is 37.2 Å². The first kappa shape index (κ1) is 20.5. The number of hydrogen-bond acceptors (Lipinski definition) is 6. The van der Waals surface area contributed by atoms with Crippen LogP contribution < -0.4 is 4.72 Å². The van der Waals surface area contributed by atoms with Crippen molar-refractivity contribution >= 4 is 10.0 Å². The van der Waals surface area contributed by atoms with Crippen LogP contribution in [0.4, 0.5) is 0 Å². The van der Waals surface area contributed by atoms with Crippen LogP contribution in [-0.2, 0) is 16.6 Å². The Morgan fingerprint density at radius 2 is 2.10 bits per heavy atom. The van der Waals surface area contributed by atoms with Gasteiger partial charge < -0.3 is 9.42 Å². The van der Waals surface area contributed by atoms with Gasteiger partial charge in [0.15, 0.2) is 5.76 Å². The summed E-state index contributed by atoms with van der Waals surface area (Å²) in [6.45, 7) is 6.20. The van der Waals surface area contributed by atoms with E-state index < -0.39 is 10.0 Å². The molecule has 158 valence electrons. The first-order chi connectivity index (χ1) is 13.9. The van der Waals surface area contributed by atoms with E-state index in [2.05, 4.69) is 57.1 Å². The Labute approximate surface area is 173 Å².